The van der Waals surface area contributed by atoms with Crippen molar-refractivity contribution in [3.63, 3.8) is 0 Å². The Hall–Kier alpha value is -1.03. The van der Waals surface area contributed by atoms with Crippen LogP contribution in [0.1, 0.15) is 5.89 Å². The number of aryl methyl sites for hydroxylation is 1. The van der Waals surface area contributed by atoms with Crippen LogP contribution in [0.15, 0.2) is 21.0 Å². The maximum atomic E-state index is 5.66. The fraction of sp³-hybridized carbons (Fsp3) is 0.125. The topological polar surface area (TPSA) is 52.0 Å². The zero-order valence-corrected chi connectivity index (χ0v) is 8.05. The van der Waals surface area contributed by atoms with Gasteiger partial charge in [0.2, 0.25) is 0 Å². The molecule has 0 bridgehead atoms. The number of nitrogens with zero attached hydrogens (tertiary/aromatic N) is 1. The van der Waals surface area contributed by atoms with Crippen LogP contribution >= 0.6 is 15.9 Å². The predicted octanol–water partition coefficient (Wildman–Crippen LogP) is 2.48. The zero-order valence-electron chi connectivity index (χ0n) is 6.47. The lowest BCUT2D eigenvalue weighted by atomic mass is 10.3. The van der Waals surface area contributed by atoms with Gasteiger partial charge in [0, 0.05) is 23.2 Å². The van der Waals surface area contributed by atoms with Crippen LogP contribution in [-0.4, -0.2) is 4.98 Å². The van der Waals surface area contributed by atoms with Crippen molar-refractivity contribution in [3.05, 3.63) is 22.5 Å². The Morgan fingerprint density at radius 1 is 1.50 bits per heavy atom. The highest BCUT2D eigenvalue weighted by atomic mass is 79.9. The van der Waals surface area contributed by atoms with E-state index in [-0.39, 0.29) is 0 Å². The minimum atomic E-state index is 0.655. The van der Waals surface area contributed by atoms with Crippen molar-refractivity contribution in [1.82, 2.24) is 4.98 Å². The molecule has 0 amide bonds. The summed E-state index contributed by atoms with van der Waals surface area (Å²) in [6, 6.07) is 3.61. The van der Waals surface area contributed by atoms with E-state index in [1.165, 1.54) is 0 Å². The first-order valence-corrected chi connectivity index (χ1v) is 4.28. The molecule has 1 aromatic heterocycles. The van der Waals surface area contributed by atoms with Crippen LogP contribution in [0, 0.1) is 6.92 Å². The molecule has 2 rings (SSSR count). The van der Waals surface area contributed by atoms with Crippen LogP contribution in [0.3, 0.4) is 0 Å². The molecule has 0 atom stereocenters. The van der Waals surface area contributed by atoms with Gasteiger partial charge in [0.25, 0.3) is 0 Å². The highest BCUT2D eigenvalue weighted by molar-refractivity contribution is 9.10. The summed E-state index contributed by atoms with van der Waals surface area (Å²) in [7, 11) is 0. The summed E-state index contributed by atoms with van der Waals surface area (Å²) in [5, 5.41) is 0. The van der Waals surface area contributed by atoms with Gasteiger partial charge in [-0.05, 0) is 22.0 Å². The van der Waals surface area contributed by atoms with E-state index in [0.29, 0.717) is 11.6 Å². The molecular formula is C8H7BrN2O. The summed E-state index contributed by atoms with van der Waals surface area (Å²) in [6.45, 7) is 1.81. The van der Waals surface area contributed by atoms with Gasteiger partial charge in [-0.3, -0.25) is 0 Å². The Kier molecular flexibility index (Phi) is 1.58. The lowest BCUT2D eigenvalue weighted by Crippen LogP contribution is -1.85. The monoisotopic (exact) mass is 226 g/mol. The van der Waals surface area contributed by atoms with E-state index in [2.05, 4.69) is 20.9 Å². The minimum Gasteiger partial charge on any atom is -0.441 e. The fourth-order valence-electron chi connectivity index (χ4n) is 1.08. The summed E-state index contributed by atoms with van der Waals surface area (Å²) < 4.78 is 6.14. The van der Waals surface area contributed by atoms with Crippen molar-refractivity contribution in [2.75, 3.05) is 5.73 Å². The lowest BCUT2D eigenvalue weighted by molar-refractivity contribution is 0.561. The number of fused-ring (bicyclic) bond motifs is 1. The number of nitrogen functional groups attached to an aromatic ring is 1. The molecule has 3 nitrogen and oxygen atoms in total. The fourth-order valence-corrected chi connectivity index (χ4v) is 1.41. The molecule has 0 radical (unpaired) electrons. The van der Waals surface area contributed by atoms with E-state index in [0.717, 1.165) is 15.6 Å². The van der Waals surface area contributed by atoms with Gasteiger partial charge in [0.15, 0.2) is 11.5 Å². The first kappa shape index (κ1) is 7.61. The molecule has 0 spiro atoms. The van der Waals surface area contributed by atoms with Gasteiger partial charge in [-0.1, -0.05) is 0 Å². The summed E-state index contributed by atoms with van der Waals surface area (Å²) in [4.78, 5) is 4.16. The number of rotatable bonds is 0. The average Bonchev–Trinajstić information content (AvgIpc) is 2.30. The van der Waals surface area contributed by atoms with E-state index in [4.69, 9.17) is 10.2 Å². The van der Waals surface area contributed by atoms with Crippen LogP contribution < -0.4 is 5.73 Å². The largest absolute Gasteiger partial charge is 0.441 e. The van der Waals surface area contributed by atoms with E-state index in [9.17, 15) is 0 Å². The van der Waals surface area contributed by atoms with Crippen molar-refractivity contribution >= 4 is 32.7 Å². The van der Waals surface area contributed by atoms with E-state index in [1.807, 2.05) is 13.0 Å². The summed E-state index contributed by atoms with van der Waals surface area (Å²) in [6.07, 6.45) is 0. The second-order valence-corrected chi connectivity index (χ2v) is 3.43. The van der Waals surface area contributed by atoms with Crippen molar-refractivity contribution in [2.45, 2.75) is 6.92 Å². The van der Waals surface area contributed by atoms with Crippen molar-refractivity contribution in [2.24, 2.45) is 0 Å². The Morgan fingerprint density at radius 2 is 2.25 bits per heavy atom. The molecular weight excluding hydrogens is 220 g/mol. The highest BCUT2D eigenvalue weighted by Gasteiger charge is 2.04. The highest BCUT2D eigenvalue weighted by Crippen LogP contribution is 2.26. The number of oxazole rings is 1. The average molecular weight is 227 g/mol. The van der Waals surface area contributed by atoms with E-state index < -0.39 is 0 Å². The Bertz CT molecular complexity index is 397. The Morgan fingerprint density at radius 3 is 3.00 bits per heavy atom. The molecule has 0 aliphatic carbocycles. The predicted molar refractivity (Wildman–Crippen MR) is 50.9 cm³/mol. The second-order valence-electron chi connectivity index (χ2n) is 2.57. The van der Waals surface area contributed by atoms with Crippen LogP contribution in [0.2, 0.25) is 0 Å². The standard InChI is InChI=1S/C8H7BrN2O/c1-4-11-7-2-5(9)6(10)3-8(7)12-4/h2-3H,10H2,1H3. The van der Waals surface area contributed by atoms with Gasteiger partial charge in [-0.25, -0.2) is 4.98 Å². The molecule has 62 valence electrons. The summed E-state index contributed by atoms with van der Waals surface area (Å²) in [5.74, 6) is 0.655. The minimum absolute atomic E-state index is 0.655. The van der Waals surface area contributed by atoms with Crippen LogP contribution in [0.4, 0.5) is 5.69 Å². The first-order chi connectivity index (χ1) is 5.66. The maximum Gasteiger partial charge on any atom is 0.192 e. The molecule has 0 fully saturated rings. The molecule has 0 aliphatic rings. The quantitative estimate of drug-likeness (QED) is 0.703. The smallest absolute Gasteiger partial charge is 0.192 e. The van der Waals surface area contributed by atoms with Gasteiger partial charge < -0.3 is 10.2 Å². The SMILES string of the molecule is Cc1nc2cc(Br)c(N)cc2o1. The number of nitrogens with two attached hydrogens (primary N) is 1. The molecule has 0 aliphatic heterocycles. The maximum absolute atomic E-state index is 5.66. The normalized spacial score (nSPS) is 10.8. The number of benzene rings is 1. The molecule has 0 saturated heterocycles. The summed E-state index contributed by atoms with van der Waals surface area (Å²) >= 11 is 3.32. The van der Waals surface area contributed by atoms with Crippen molar-refractivity contribution in [3.8, 4) is 0 Å². The van der Waals surface area contributed by atoms with Gasteiger partial charge in [-0.15, -0.1) is 0 Å². The van der Waals surface area contributed by atoms with Crippen LogP contribution in [0.5, 0.6) is 0 Å². The number of hydrogen-bond acceptors (Lipinski definition) is 3. The molecule has 0 saturated carbocycles. The molecule has 4 heteroatoms. The lowest BCUT2D eigenvalue weighted by Gasteiger charge is -1.94. The van der Waals surface area contributed by atoms with Crippen molar-refractivity contribution < 1.29 is 4.42 Å². The van der Waals surface area contributed by atoms with Gasteiger partial charge in [-0.2, -0.15) is 0 Å². The first-order valence-electron chi connectivity index (χ1n) is 3.49. The second kappa shape index (κ2) is 2.48. The molecule has 1 aromatic carbocycles. The molecule has 1 heterocycles. The summed E-state index contributed by atoms with van der Waals surface area (Å²) in [5.41, 5.74) is 7.88. The number of aromatic nitrogens is 1. The molecule has 2 aromatic rings. The van der Waals surface area contributed by atoms with Crippen molar-refractivity contribution in [1.29, 1.82) is 0 Å². The van der Waals surface area contributed by atoms with E-state index >= 15 is 0 Å². The van der Waals surface area contributed by atoms with Gasteiger partial charge in [0.1, 0.15) is 5.52 Å². The van der Waals surface area contributed by atoms with Gasteiger partial charge >= 0.3 is 0 Å². The molecule has 2 N–H and O–H groups in total. The molecule has 12 heavy (non-hydrogen) atoms. The number of hydrogen-bond donors (Lipinski definition) is 1. The van der Waals surface area contributed by atoms with Crippen LogP contribution in [-0.2, 0) is 0 Å². The number of halogens is 1. The number of anilines is 1. The Balaban J connectivity index is 2.83. The third-order valence-electron chi connectivity index (χ3n) is 1.61. The van der Waals surface area contributed by atoms with Crippen LogP contribution in [0.25, 0.3) is 11.1 Å². The zero-order chi connectivity index (χ0) is 8.72. The van der Waals surface area contributed by atoms with E-state index in [1.54, 1.807) is 6.07 Å². The Labute approximate surface area is 77.7 Å². The third-order valence-corrected chi connectivity index (χ3v) is 2.30. The molecule has 0 unspecified atom stereocenters. The van der Waals surface area contributed by atoms with Gasteiger partial charge in [0.05, 0.1) is 0 Å². The third kappa shape index (κ3) is 1.08.